The lowest BCUT2D eigenvalue weighted by atomic mass is 10.2. The Labute approximate surface area is 116 Å². The number of halogens is 1. The van der Waals surface area contributed by atoms with E-state index in [9.17, 15) is 0 Å². The Morgan fingerprint density at radius 2 is 1.83 bits per heavy atom. The van der Waals surface area contributed by atoms with Crippen molar-refractivity contribution in [1.82, 2.24) is 9.88 Å². The zero-order valence-corrected chi connectivity index (χ0v) is 12.2. The van der Waals surface area contributed by atoms with Crippen molar-refractivity contribution in [2.24, 2.45) is 0 Å². The van der Waals surface area contributed by atoms with Crippen LogP contribution < -0.4 is 0 Å². The van der Waals surface area contributed by atoms with Gasteiger partial charge in [0.1, 0.15) is 0 Å². The molecule has 0 aliphatic carbocycles. The Kier molecular flexibility index (Phi) is 3.71. The fourth-order valence-electron chi connectivity index (χ4n) is 2.78. The van der Waals surface area contributed by atoms with Gasteiger partial charge in [-0.15, -0.1) is 0 Å². The summed E-state index contributed by atoms with van der Waals surface area (Å²) in [6.07, 6.45) is 5.50. The smallest absolute Gasteiger partial charge is 0.0467 e. The molecule has 1 saturated heterocycles. The second kappa shape index (κ2) is 5.45. The Morgan fingerprint density at radius 3 is 2.61 bits per heavy atom. The molecule has 0 unspecified atom stereocenters. The van der Waals surface area contributed by atoms with Crippen LogP contribution in [0.15, 0.2) is 28.7 Å². The third-order valence-corrected chi connectivity index (χ3v) is 4.23. The molecule has 1 aromatic carbocycles. The lowest BCUT2D eigenvalue weighted by Gasteiger charge is -2.18. The van der Waals surface area contributed by atoms with E-state index < -0.39 is 0 Å². The van der Waals surface area contributed by atoms with Gasteiger partial charge in [0.25, 0.3) is 0 Å². The van der Waals surface area contributed by atoms with Gasteiger partial charge in [0.2, 0.25) is 0 Å². The fraction of sp³-hybridized carbons (Fsp3) is 0.467. The van der Waals surface area contributed by atoms with Gasteiger partial charge in [-0.3, -0.25) is 4.90 Å². The van der Waals surface area contributed by atoms with Crippen LogP contribution in [-0.4, -0.2) is 23.0 Å². The van der Waals surface area contributed by atoms with Crippen molar-refractivity contribution in [2.75, 3.05) is 13.1 Å². The van der Waals surface area contributed by atoms with Crippen LogP contribution in [0.5, 0.6) is 0 Å². The molecule has 3 rings (SSSR count). The molecule has 0 amide bonds. The van der Waals surface area contributed by atoms with Crippen molar-refractivity contribution in [3.8, 4) is 0 Å². The number of hydrogen-bond acceptors (Lipinski definition) is 1. The summed E-state index contributed by atoms with van der Waals surface area (Å²) in [7, 11) is 0. The lowest BCUT2D eigenvalue weighted by molar-refractivity contribution is 0.274. The first-order valence-corrected chi connectivity index (χ1v) is 7.60. The van der Waals surface area contributed by atoms with E-state index in [4.69, 9.17) is 0 Å². The average Bonchev–Trinajstić information content (AvgIpc) is 2.57. The highest BCUT2D eigenvalue weighted by molar-refractivity contribution is 9.10. The molecule has 0 atom stereocenters. The summed E-state index contributed by atoms with van der Waals surface area (Å²) >= 11 is 3.52. The van der Waals surface area contributed by atoms with Crippen molar-refractivity contribution < 1.29 is 0 Å². The Hall–Kier alpha value is -0.800. The van der Waals surface area contributed by atoms with E-state index in [1.807, 2.05) is 0 Å². The first kappa shape index (κ1) is 12.2. The van der Waals surface area contributed by atoms with E-state index in [-0.39, 0.29) is 0 Å². The zero-order chi connectivity index (χ0) is 12.4. The third kappa shape index (κ3) is 2.78. The lowest BCUT2D eigenvalue weighted by Crippen LogP contribution is -2.24. The van der Waals surface area contributed by atoms with E-state index in [1.54, 1.807) is 0 Å². The minimum atomic E-state index is 1.06. The molecule has 1 aromatic heterocycles. The van der Waals surface area contributed by atoms with E-state index in [0.29, 0.717) is 0 Å². The van der Waals surface area contributed by atoms with Gasteiger partial charge >= 0.3 is 0 Å². The number of H-pyrrole nitrogens is 1. The van der Waals surface area contributed by atoms with Crippen LogP contribution in [0.25, 0.3) is 10.9 Å². The SMILES string of the molecule is Brc1ccc2cc(CN3CCCCCC3)[nH]c2c1. The van der Waals surface area contributed by atoms with Gasteiger partial charge < -0.3 is 4.98 Å². The number of nitrogens with zero attached hydrogens (tertiary/aromatic N) is 1. The highest BCUT2D eigenvalue weighted by atomic mass is 79.9. The summed E-state index contributed by atoms with van der Waals surface area (Å²) in [5, 5.41) is 1.31. The Bertz CT molecular complexity index is 524. The fourth-order valence-corrected chi connectivity index (χ4v) is 3.14. The average molecular weight is 307 g/mol. The summed E-state index contributed by atoms with van der Waals surface area (Å²) in [5.74, 6) is 0. The molecule has 0 saturated carbocycles. The first-order chi connectivity index (χ1) is 8.81. The van der Waals surface area contributed by atoms with Gasteiger partial charge in [-0.05, 0) is 49.5 Å². The van der Waals surface area contributed by atoms with Crippen LogP contribution in [0.1, 0.15) is 31.4 Å². The second-order valence-electron chi connectivity index (χ2n) is 5.22. The van der Waals surface area contributed by atoms with Gasteiger partial charge in [-0.1, -0.05) is 34.8 Å². The van der Waals surface area contributed by atoms with Crippen molar-refractivity contribution in [1.29, 1.82) is 0 Å². The number of aromatic amines is 1. The molecule has 0 spiro atoms. The normalized spacial score (nSPS) is 18.1. The summed E-state index contributed by atoms with van der Waals surface area (Å²) < 4.78 is 1.14. The molecule has 2 aromatic rings. The van der Waals surface area contributed by atoms with Gasteiger partial charge in [0.15, 0.2) is 0 Å². The van der Waals surface area contributed by atoms with Gasteiger partial charge in [-0.25, -0.2) is 0 Å². The maximum absolute atomic E-state index is 3.53. The highest BCUT2D eigenvalue weighted by Gasteiger charge is 2.10. The predicted molar refractivity (Wildman–Crippen MR) is 79.7 cm³/mol. The van der Waals surface area contributed by atoms with Crippen molar-refractivity contribution >= 4 is 26.8 Å². The van der Waals surface area contributed by atoms with E-state index >= 15 is 0 Å². The summed E-state index contributed by atoms with van der Waals surface area (Å²) in [5.41, 5.74) is 2.57. The monoisotopic (exact) mass is 306 g/mol. The molecule has 2 nitrogen and oxygen atoms in total. The van der Waals surface area contributed by atoms with E-state index in [1.165, 1.54) is 55.4 Å². The van der Waals surface area contributed by atoms with Crippen LogP contribution in [-0.2, 0) is 6.54 Å². The largest absolute Gasteiger partial charge is 0.357 e. The van der Waals surface area contributed by atoms with E-state index in [2.05, 4.69) is 50.1 Å². The van der Waals surface area contributed by atoms with Gasteiger partial charge in [0.05, 0.1) is 0 Å². The summed E-state index contributed by atoms with van der Waals surface area (Å²) in [6.45, 7) is 3.56. The standard InChI is InChI=1S/C15H19BrN2/c16-13-6-5-12-9-14(17-15(12)10-13)11-18-7-3-1-2-4-8-18/h5-6,9-10,17H,1-4,7-8,11H2. The predicted octanol–water partition coefficient (Wildman–Crippen LogP) is 4.31. The Balaban J connectivity index is 1.77. The van der Waals surface area contributed by atoms with Crippen LogP contribution >= 0.6 is 15.9 Å². The molecule has 1 fully saturated rings. The van der Waals surface area contributed by atoms with Gasteiger partial charge in [0, 0.05) is 22.2 Å². The van der Waals surface area contributed by atoms with Crippen LogP contribution in [0.4, 0.5) is 0 Å². The molecule has 0 radical (unpaired) electrons. The number of rotatable bonds is 2. The van der Waals surface area contributed by atoms with Gasteiger partial charge in [-0.2, -0.15) is 0 Å². The maximum atomic E-state index is 3.53. The minimum absolute atomic E-state index is 1.06. The molecule has 2 heterocycles. The molecule has 1 aliphatic heterocycles. The molecular weight excluding hydrogens is 288 g/mol. The highest BCUT2D eigenvalue weighted by Crippen LogP contribution is 2.21. The van der Waals surface area contributed by atoms with E-state index in [0.717, 1.165) is 11.0 Å². The molecule has 0 bridgehead atoms. The number of aromatic nitrogens is 1. The number of hydrogen-bond donors (Lipinski definition) is 1. The summed E-state index contributed by atoms with van der Waals surface area (Å²) in [4.78, 5) is 6.11. The molecular formula is C15H19BrN2. The minimum Gasteiger partial charge on any atom is -0.357 e. The number of fused-ring (bicyclic) bond motifs is 1. The van der Waals surface area contributed by atoms with Crippen molar-refractivity contribution in [3.05, 3.63) is 34.4 Å². The molecule has 1 N–H and O–H groups in total. The van der Waals surface area contributed by atoms with Crippen LogP contribution in [0, 0.1) is 0 Å². The van der Waals surface area contributed by atoms with Crippen LogP contribution in [0.2, 0.25) is 0 Å². The summed E-state index contributed by atoms with van der Waals surface area (Å²) in [6, 6.07) is 8.71. The number of nitrogens with one attached hydrogen (secondary N) is 1. The maximum Gasteiger partial charge on any atom is 0.0467 e. The molecule has 18 heavy (non-hydrogen) atoms. The third-order valence-electron chi connectivity index (χ3n) is 3.73. The van der Waals surface area contributed by atoms with Crippen molar-refractivity contribution in [2.45, 2.75) is 32.2 Å². The first-order valence-electron chi connectivity index (χ1n) is 6.81. The topological polar surface area (TPSA) is 19.0 Å². The molecule has 96 valence electrons. The number of benzene rings is 1. The zero-order valence-electron chi connectivity index (χ0n) is 10.6. The van der Waals surface area contributed by atoms with Crippen molar-refractivity contribution in [3.63, 3.8) is 0 Å². The second-order valence-corrected chi connectivity index (χ2v) is 6.13. The number of likely N-dealkylation sites (tertiary alicyclic amines) is 1. The quantitative estimate of drug-likeness (QED) is 0.876. The molecule has 1 aliphatic rings. The van der Waals surface area contributed by atoms with Crippen LogP contribution in [0.3, 0.4) is 0 Å². The molecule has 3 heteroatoms. The Morgan fingerprint density at radius 1 is 1.06 bits per heavy atom.